The van der Waals surface area contributed by atoms with Gasteiger partial charge in [0.05, 0.1) is 12.6 Å². The SMILES string of the molecule is CC(CNC(=O)[C@@H]1CC[C@H](CN)O1)Oc1cccc(Cl)c1.Cl. The molecule has 0 aliphatic carbocycles. The maximum atomic E-state index is 12.0. The Kier molecular flexibility index (Phi) is 7.96. The molecule has 1 amide bonds. The van der Waals surface area contributed by atoms with Crippen LogP contribution < -0.4 is 15.8 Å². The number of hydrogen-bond acceptors (Lipinski definition) is 4. The van der Waals surface area contributed by atoms with Gasteiger partial charge >= 0.3 is 0 Å². The van der Waals surface area contributed by atoms with Crippen LogP contribution in [0.25, 0.3) is 0 Å². The van der Waals surface area contributed by atoms with Crippen LogP contribution in [0.4, 0.5) is 0 Å². The van der Waals surface area contributed by atoms with Crippen LogP contribution in [-0.2, 0) is 9.53 Å². The van der Waals surface area contributed by atoms with Gasteiger partial charge in [-0.05, 0) is 38.0 Å². The number of hydrogen-bond donors (Lipinski definition) is 2. The average Bonchev–Trinajstić information content (AvgIpc) is 2.94. The second-order valence-corrected chi connectivity index (χ2v) is 5.63. The molecule has 0 saturated carbocycles. The number of amides is 1. The van der Waals surface area contributed by atoms with Crippen molar-refractivity contribution in [1.82, 2.24) is 5.32 Å². The maximum absolute atomic E-state index is 12.0. The number of nitrogens with two attached hydrogens (primary N) is 1. The molecule has 0 aromatic heterocycles. The van der Waals surface area contributed by atoms with Crippen LogP contribution in [0, 0.1) is 0 Å². The number of carbonyl (C=O) groups excluding carboxylic acids is 1. The zero-order chi connectivity index (χ0) is 15.2. The summed E-state index contributed by atoms with van der Waals surface area (Å²) in [5, 5.41) is 3.46. The van der Waals surface area contributed by atoms with Crippen molar-refractivity contribution in [1.29, 1.82) is 0 Å². The molecular weight excluding hydrogens is 327 g/mol. The van der Waals surface area contributed by atoms with Gasteiger partial charge in [0.15, 0.2) is 0 Å². The van der Waals surface area contributed by atoms with Crippen molar-refractivity contribution in [3.63, 3.8) is 0 Å². The fourth-order valence-electron chi connectivity index (χ4n) is 2.24. The molecule has 22 heavy (non-hydrogen) atoms. The third-order valence-electron chi connectivity index (χ3n) is 3.36. The molecule has 3 N–H and O–H groups in total. The van der Waals surface area contributed by atoms with Gasteiger partial charge in [0.25, 0.3) is 0 Å². The van der Waals surface area contributed by atoms with E-state index >= 15 is 0 Å². The quantitative estimate of drug-likeness (QED) is 0.825. The van der Waals surface area contributed by atoms with Crippen LogP contribution in [0.15, 0.2) is 24.3 Å². The first kappa shape index (κ1) is 19.0. The lowest BCUT2D eigenvalue weighted by atomic mass is 10.2. The Morgan fingerprint density at radius 1 is 1.55 bits per heavy atom. The van der Waals surface area contributed by atoms with Gasteiger partial charge < -0.3 is 20.5 Å². The van der Waals surface area contributed by atoms with Crippen molar-refractivity contribution >= 4 is 29.9 Å². The smallest absolute Gasteiger partial charge is 0.249 e. The zero-order valence-corrected chi connectivity index (χ0v) is 14.0. The van der Waals surface area contributed by atoms with Gasteiger partial charge in [-0.1, -0.05) is 17.7 Å². The molecule has 5 nitrogen and oxygen atoms in total. The summed E-state index contributed by atoms with van der Waals surface area (Å²) in [4.78, 5) is 12.0. The molecule has 1 heterocycles. The molecule has 0 radical (unpaired) electrons. The predicted molar refractivity (Wildman–Crippen MR) is 88.7 cm³/mol. The molecule has 1 unspecified atom stereocenters. The van der Waals surface area contributed by atoms with Crippen LogP contribution in [-0.4, -0.2) is 37.3 Å². The molecule has 3 atom stereocenters. The first-order valence-corrected chi connectivity index (χ1v) is 7.51. The Morgan fingerprint density at radius 3 is 2.95 bits per heavy atom. The van der Waals surface area contributed by atoms with Crippen LogP contribution >= 0.6 is 24.0 Å². The monoisotopic (exact) mass is 348 g/mol. The lowest BCUT2D eigenvalue weighted by molar-refractivity contribution is -0.132. The summed E-state index contributed by atoms with van der Waals surface area (Å²) in [6, 6.07) is 7.18. The molecule has 0 bridgehead atoms. The van der Waals surface area contributed by atoms with Crippen molar-refractivity contribution in [3.8, 4) is 5.75 Å². The highest BCUT2D eigenvalue weighted by molar-refractivity contribution is 6.30. The highest BCUT2D eigenvalue weighted by Crippen LogP contribution is 2.19. The molecule has 2 rings (SSSR count). The Labute approximate surface area is 141 Å². The largest absolute Gasteiger partial charge is 0.489 e. The van der Waals surface area contributed by atoms with Crippen molar-refractivity contribution in [2.45, 2.75) is 38.1 Å². The van der Waals surface area contributed by atoms with E-state index in [0.717, 1.165) is 12.8 Å². The second-order valence-electron chi connectivity index (χ2n) is 5.19. The van der Waals surface area contributed by atoms with E-state index in [2.05, 4.69) is 5.32 Å². The summed E-state index contributed by atoms with van der Waals surface area (Å²) in [7, 11) is 0. The minimum Gasteiger partial charge on any atom is -0.489 e. The zero-order valence-electron chi connectivity index (χ0n) is 12.5. The summed E-state index contributed by atoms with van der Waals surface area (Å²) in [5.74, 6) is 0.581. The summed E-state index contributed by atoms with van der Waals surface area (Å²) in [5.41, 5.74) is 5.53. The molecule has 1 aromatic carbocycles. The molecule has 7 heteroatoms. The Balaban J connectivity index is 0.00000242. The number of rotatable bonds is 6. The minimum absolute atomic E-state index is 0. The van der Waals surface area contributed by atoms with Crippen LogP contribution in [0.1, 0.15) is 19.8 Å². The number of ether oxygens (including phenoxy) is 2. The molecule has 1 aliphatic heterocycles. The molecule has 1 fully saturated rings. The third-order valence-corrected chi connectivity index (χ3v) is 3.60. The van der Waals surface area contributed by atoms with Gasteiger partial charge in [-0.15, -0.1) is 12.4 Å². The van der Waals surface area contributed by atoms with Gasteiger partial charge in [-0.2, -0.15) is 0 Å². The summed E-state index contributed by atoms with van der Waals surface area (Å²) in [6.07, 6.45) is 1.01. The van der Waals surface area contributed by atoms with Crippen molar-refractivity contribution < 1.29 is 14.3 Å². The molecule has 1 aromatic rings. The topological polar surface area (TPSA) is 73.6 Å². The number of halogens is 2. The van der Waals surface area contributed by atoms with E-state index in [9.17, 15) is 4.79 Å². The number of carbonyl (C=O) groups is 1. The fraction of sp³-hybridized carbons (Fsp3) is 0.533. The first-order valence-electron chi connectivity index (χ1n) is 7.14. The second kappa shape index (κ2) is 9.20. The highest BCUT2D eigenvalue weighted by Gasteiger charge is 2.29. The molecule has 1 saturated heterocycles. The molecule has 1 aliphatic rings. The van der Waals surface area contributed by atoms with E-state index < -0.39 is 6.10 Å². The van der Waals surface area contributed by atoms with Crippen LogP contribution in [0.3, 0.4) is 0 Å². The Hall–Kier alpha value is -1.01. The van der Waals surface area contributed by atoms with E-state index in [1.807, 2.05) is 19.1 Å². The lowest BCUT2D eigenvalue weighted by Crippen LogP contribution is -2.40. The summed E-state index contributed by atoms with van der Waals surface area (Å²) >= 11 is 5.89. The molecule has 124 valence electrons. The van der Waals surface area contributed by atoms with Crippen molar-refractivity contribution in [3.05, 3.63) is 29.3 Å². The van der Waals surface area contributed by atoms with E-state index in [4.69, 9.17) is 26.8 Å². The minimum atomic E-state index is -0.392. The number of benzene rings is 1. The average molecular weight is 349 g/mol. The molecular formula is C15H22Cl2N2O3. The van der Waals surface area contributed by atoms with Gasteiger partial charge in [0.1, 0.15) is 18.0 Å². The Bertz CT molecular complexity index is 488. The van der Waals surface area contributed by atoms with E-state index in [1.165, 1.54) is 0 Å². The maximum Gasteiger partial charge on any atom is 0.249 e. The van der Waals surface area contributed by atoms with Crippen molar-refractivity contribution in [2.75, 3.05) is 13.1 Å². The van der Waals surface area contributed by atoms with E-state index in [-0.39, 0.29) is 30.5 Å². The third kappa shape index (κ3) is 5.65. The van der Waals surface area contributed by atoms with Crippen LogP contribution in [0.2, 0.25) is 5.02 Å². The lowest BCUT2D eigenvalue weighted by Gasteiger charge is -2.17. The van der Waals surface area contributed by atoms with E-state index in [0.29, 0.717) is 23.9 Å². The van der Waals surface area contributed by atoms with Gasteiger partial charge in [-0.25, -0.2) is 0 Å². The van der Waals surface area contributed by atoms with E-state index in [1.54, 1.807) is 12.1 Å². The van der Waals surface area contributed by atoms with Gasteiger partial charge in [0, 0.05) is 11.6 Å². The van der Waals surface area contributed by atoms with Crippen LogP contribution in [0.5, 0.6) is 5.75 Å². The van der Waals surface area contributed by atoms with Crippen molar-refractivity contribution in [2.24, 2.45) is 5.73 Å². The van der Waals surface area contributed by atoms with Gasteiger partial charge in [-0.3, -0.25) is 4.79 Å². The summed E-state index contributed by atoms with van der Waals surface area (Å²) < 4.78 is 11.2. The fourth-order valence-corrected chi connectivity index (χ4v) is 2.42. The number of nitrogens with one attached hydrogen (secondary N) is 1. The summed E-state index contributed by atoms with van der Waals surface area (Å²) in [6.45, 7) is 2.76. The molecule has 0 spiro atoms. The van der Waals surface area contributed by atoms with Gasteiger partial charge in [0.2, 0.25) is 5.91 Å². The Morgan fingerprint density at radius 2 is 2.32 bits per heavy atom. The normalized spacial score (nSPS) is 21.8. The first-order chi connectivity index (χ1) is 10.1. The predicted octanol–water partition coefficient (Wildman–Crippen LogP) is 2.15. The highest BCUT2D eigenvalue weighted by atomic mass is 35.5. The standard InChI is InChI=1S/C15H21ClN2O3.ClH/c1-10(20-12-4-2-3-11(16)7-12)9-18-15(19)14-6-5-13(8-17)21-14;/h2-4,7,10,13-14H,5-6,8-9,17H2,1H3,(H,18,19);1H/t10?,13-,14+;/m1./s1.